The summed E-state index contributed by atoms with van der Waals surface area (Å²) in [6.07, 6.45) is -5.28. The lowest BCUT2D eigenvalue weighted by atomic mass is 10.1. The quantitative estimate of drug-likeness (QED) is 0.809. The summed E-state index contributed by atoms with van der Waals surface area (Å²) in [7, 11) is 0. The van der Waals surface area contributed by atoms with Gasteiger partial charge in [-0.05, 0) is 35.9 Å². The van der Waals surface area contributed by atoms with Crippen LogP contribution in [-0.4, -0.2) is 16.8 Å². The predicted octanol–water partition coefficient (Wildman–Crippen LogP) is 3.56. The first-order chi connectivity index (χ1) is 9.86. The number of halogens is 3. The van der Waals surface area contributed by atoms with Crippen LogP contribution >= 0.6 is 0 Å². The van der Waals surface area contributed by atoms with E-state index in [1.807, 2.05) is 0 Å². The Labute approximate surface area is 119 Å². The van der Waals surface area contributed by atoms with Crippen LogP contribution in [0.2, 0.25) is 0 Å². The molecule has 0 aromatic heterocycles. The molecule has 0 radical (unpaired) electrons. The van der Waals surface area contributed by atoms with Gasteiger partial charge in [0, 0.05) is 12.2 Å². The number of rotatable bonds is 4. The monoisotopic (exact) mass is 297 g/mol. The first kappa shape index (κ1) is 15.2. The topological polar surface area (TPSA) is 52.5 Å². The van der Waals surface area contributed by atoms with E-state index >= 15 is 0 Å². The minimum Gasteiger partial charge on any atom is -0.508 e. The molecule has 0 spiro atoms. The van der Waals surface area contributed by atoms with Gasteiger partial charge in [-0.2, -0.15) is 13.2 Å². The van der Waals surface area contributed by atoms with Crippen molar-refractivity contribution in [3.8, 4) is 5.75 Å². The predicted molar refractivity (Wildman–Crippen MR) is 73.0 cm³/mol. The van der Waals surface area contributed by atoms with Crippen LogP contribution in [0, 0.1) is 0 Å². The molecule has 3 nitrogen and oxygen atoms in total. The summed E-state index contributed by atoms with van der Waals surface area (Å²) in [6.45, 7) is 0.0616. The molecule has 0 aliphatic rings. The molecule has 0 amide bonds. The largest absolute Gasteiger partial charge is 0.508 e. The summed E-state index contributed by atoms with van der Waals surface area (Å²) in [5.41, 5.74) is 0.0987. The molecule has 2 aromatic rings. The number of anilines is 1. The number of phenolic OH excluding ortho intramolecular Hbond substituents is 1. The van der Waals surface area contributed by atoms with Crippen LogP contribution in [0.15, 0.2) is 48.5 Å². The van der Waals surface area contributed by atoms with Crippen molar-refractivity contribution in [3.63, 3.8) is 0 Å². The zero-order valence-corrected chi connectivity index (χ0v) is 10.9. The van der Waals surface area contributed by atoms with Crippen LogP contribution < -0.4 is 5.32 Å². The molecule has 0 fully saturated rings. The first-order valence-electron chi connectivity index (χ1n) is 6.24. The van der Waals surface area contributed by atoms with E-state index in [4.69, 9.17) is 5.11 Å². The average Bonchev–Trinajstić information content (AvgIpc) is 2.45. The fraction of sp³-hybridized carbons (Fsp3) is 0.200. The van der Waals surface area contributed by atoms with Crippen LogP contribution in [0.5, 0.6) is 5.75 Å². The van der Waals surface area contributed by atoms with Crippen LogP contribution in [0.3, 0.4) is 0 Å². The molecule has 112 valence electrons. The highest BCUT2D eigenvalue weighted by Gasteiger charge is 2.30. The van der Waals surface area contributed by atoms with Gasteiger partial charge in [0.2, 0.25) is 0 Å². The van der Waals surface area contributed by atoms with E-state index in [1.165, 1.54) is 24.3 Å². The molecule has 6 heteroatoms. The van der Waals surface area contributed by atoms with Crippen molar-refractivity contribution in [2.75, 3.05) is 11.9 Å². The first-order valence-corrected chi connectivity index (χ1v) is 6.24. The Morgan fingerprint density at radius 3 is 2.33 bits per heavy atom. The molecule has 2 rings (SSSR count). The number of aromatic hydroxyl groups is 1. The van der Waals surface area contributed by atoms with E-state index in [0.29, 0.717) is 5.56 Å². The smallest absolute Gasteiger partial charge is 0.416 e. The lowest BCUT2D eigenvalue weighted by Crippen LogP contribution is -2.13. The highest BCUT2D eigenvalue weighted by atomic mass is 19.4. The third-order valence-electron chi connectivity index (χ3n) is 2.97. The SMILES string of the molecule is Oc1ccc(C(O)CNc2cccc(C(F)(F)F)c2)cc1. The van der Waals surface area contributed by atoms with Gasteiger partial charge in [0.25, 0.3) is 0 Å². The van der Waals surface area contributed by atoms with E-state index in [9.17, 15) is 18.3 Å². The van der Waals surface area contributed by atoms with Crippen molar-refractivity contribution in [1.82, 2.24) is 0 Å². The van der Waals surface area contributed by atoms with Gasteiger partial charge >= 0.3 is 6.18 Å². The number of alkyl halides is 3. The van der Waals surface area contributed by atoms with E-state index in [0.717, 1.165) is 12.1 Å². The van der Waals surface area contributed by atoms with Crippen molar-refractivity contribution in [2.45, 2.75) is 12.3 Å². The lowest BCUT2D eigenvalue weighted by molar-refractivity contribution is -0.137. The maximum absolute atomic E-state index is 12.6. The van der Waals surface area contributed by atoms with Crippen molar-refractivity contribution in [1.29, 1.82) is 0 Å². The van der Waals surface area contributed by atoms with Crippen LogP contribution in [0.1, 0.15) is 17.2 Å². The van der Waals surface area contributed by atoms with Gasteiger partial charge in [0.15, 0.2) is 0 Å². The minimum atomic E-state index is -4.40. The van der Waals surface area contributed by atoms with Gasteiger partial charge in [-0.1, -0.05) is 18.2 Å². The second-order valence-electron chi connectivity index (χ2n) is 4.57. The number of benzene rings is 2. The number of nitrogens with one attached hydrogen (secondary N) is 1. The minimum absolute atomic E-state index is 0.0616. The van der Waals surface area contributed by atoms with Gasteiger partial charge < -0.3 is 15.5 Å². The summed E-state index contributed by atoms with van der Waals surface area (Å²) in [5, 5.41) is 21.8. The van der Waals surface area contributed by atoms with Gasteiger partial charge in [0.05, 0.1) is 11.7 Å². The molecule has 2 aromatic carbocycles. The van der Waals surface area contributed by atoms with Crippen LogP contribution in [0.4, 0.5) is 18.9 Å². The molecule has 3 N–H and O–H groups in total. The Balaban J connectivity index is 2.01. The molecule has 1 atom stereocenters. The molecule has 0 saturated heterocycles. The van der Waals surface area contributed by atoms with Crippen molar-refractivity contribution >= 4 is 5.69 Å². The zero-order valence-electron chi connectivity index (χ0n) is 10.9. The van der Waals surface area contributed by atoms with Crippen LogP contribution in [-0.2, 0) is 6.18 Å². The number of phenols is 1. The second-order valence-corrected chi connectivity index (χ2v) is 4.57. The van der Waals surface area contributed by atoms with Crippen LogP contribution in [0.25, 0.3) is 0 Å². The Morgan fingerprint density at radius 1 is 1.05 bits per heavy atom. The fourth-order valence-corrected chi connectivity index (χ4v) is 1.83. The number of aliphatic hydroxyl groups excluding tert-OH is 1. The molecule has 0 saturated carbocycles. The molecule has 0 bridgehead atoms. The van der Waals surface area contributed by atoms with Crippen molar-refractivity contribution in [3.05, 3.63) is 59.7 Å². The summed E-state index contributed by atoms with van der Waals surface area (Å²) < 4.78 is 37.7. The third kappa shape index (κ3) is 4.13. The third-order valence-corrected chi connectivity index (χ3v) is 2.97. The number of aliphatic hydroxyl groups is 1. The van der Waals surface area contributed by atoms with Gasteiger partial charge in [0.1, 0.15) is 5.75 Å². The Hall–Kier alpha value is -2.21. The molecule has 0 aliphatic heterocycles. The maximum Gasteiger partial charge on any atom is 0.416 e. The van der Waals surface area contributed by atoms with Gasteiger partial charge in [-0.25, -0.2) is 0 Å². The maximum atomic E-state index is 12.6. The molecule has 21 heavy (non-hydrogen) atoms. The van der Waals surface area contributed by atoms with Crippen molar-refractivity contribution in [2.24, 2.45) is 0 Å². The van der Waals surface area contributed by atoms with Gasteiger partial charge in [-0.3, -0.25) is 0 Å². The average molecular weight is 297 g/mol. The Kier molecular flexibility index (Phi) is 4.37. The van der Waals surface area contributed by atoms with E-state index < -0.39 is 17.8 Å². The van der Waals surface area contributed by atoms with E-state index in [1.54, 1.807) is 12.1 Å². The standard InChI is InChI=1S/C15H14F3NO2/c16-15(17,18)11-2-1-3-12(8-11)19-9-14(21)10-4-6-13(20)7-5-10/h1-8,14,19-21H,9H2. The molecule has 1 unspecified atom stereocenters. The van der Waals surface area contributed by atoms with E-state index in [2.05, 4.69) is 5.32 Å². The normalized spacial score (nSPS) is 13.0. The highest BCUT2D eigenvalue weighted by Crippen LogP contribution is 2.30. The van der Waals surface area contributed by atoms with Crippen molar-refractivity contribution < 1.29 is 23.4 Å². The Morgan fingerprint density at radius 2 is 1.71 bits per heavy atom. The second kappa shape index (κ2) is 6.05. The summed E-state index contributed by atoms with van der Waals surface area (Å²) in [6, 6.07) is 10.7. The summed E-state index contributed by atoms with van der Waals surface area (Å²) >= 11 is 0. The summed E-state index contributed by atoms with van der Waals surface area (Å²) in [5.74, 6) is 0.0804. The number of hydrogen-bond acceptors (Lipinski definition) is 3. The lowest BCUT2D eigenvalue weighted by Gasteiger charge is -2.14. The molecular weight excluding hydrogens is 283 g/mol. The molecule has 0 aliphatic carbocycles. The molecular formula is C15H14F3NO2. The Bertz CT molecular complexity index is 597. The highest BCUT2D eigenvalue weighted by molar-refractivity contribution is 5.46. The molecule has 0 heterocycles. The number of hydrogen-bond donors (Lipinski definition) is 3. The van der Waals surface area contributed by atoms with E-state index in [-0.39, 0.29) is 18.0 Å². The van der Waals surface area contributed by atoms with Gasteiger partial charge in [-0.15, -0.1) is 0 Å². The fourth-order valence-electron chi connectivity index (χ4n) is 1.83. The summed E-state index contributed by atoms with van der Waals surface area (Å²) in [4.78, 5) is 0. The zero-order chi connectivity index (χ0) is 15.5.